The lowest BCUT2D eigenvalue weighted by Gasteiger charge is -2.08. The van der Waals surface area contributed by atoms with Crippen molar-refractivity contribution in [2.45, 2.75) is 19.1 Å². The van der Waals surface area contributed by atoms with Crippen LogP contribution in [0.1, 0.15) is 23.0 Å². The van der Waals surface area contributed by atoms with Crippen LogP contribution in [0.4, 0.5) is 0 Å². The molecule has 0 radical (unpaired) electrons. The van der Waals surface area contributed by atoms with Crippen molar-refractivity contribution in [2.75, 3.05) is 6.26 Å². The standard InChI is InChI=1S/C13H15NO3S/c1-8-12(13(15)9(2)18(3,16)17)10-6-4-5-7-11(10)14-8/h4-7,9,14H,1-3H3. The number of aryl methyl sites for hydroxylation is 1. The molecule has 1 N–H and O–H groups in total. The number of fused-ring (bicyclic) bond motifs is 1. The van der Waals surface area contributed by atoms with E-state index in [1.54, 1.807) is 6.92 Å². The molecule has 1 atom stereocenters. The molecule has 0 saturated heterocycles. The molecule has 5 heteroatoms. The summed E-state index contributed by atoms with van der Waals surface area (Å²) < 4.78 is 23.0. The van der Waals surface area contributed by atoms with Gasteiger partial charge in [-0.2, -0.15) is 0 Å². The molecule has 0 aliphatic heterocycles. The van der Waals surface area contributed by atoms with Crippen LogP contribution in [0, 0.1) is 6.92 Å². The normalized spacial score (nSPS) is 13.7. The number of rotatable bonds is 3. The number of sulfone groups is 1. The molecule has 2 aromatic rings. The number of Topliss-reactive ketones (excluding diaryl/α,β-unsaturated/α-hetero) is 1. The van der Waals surface area contributed by atoms with Gasteiger partial charge in [0.15, 0.2) is 15.6 Å². The summed E-state index contributed by atoms with van der Waals surface area (Å²) in [5.41, 5.74) is 2.03. The number of hydrogen-bond acceptors (Lipinski definition) is 3. The first kappa shape index (κ1) is 12.8. The molecule has 0 fully saturated rings. The van der Waals surface area contributed by atoms with Crippen molar-refractivity contribution in [3.63, 3.8) is 0 Å². The molecule has 0 aliphatic carbocycles. The monoisotopic (exact) mass is 265 g/mol. The number of nitrogens with one attached hydrogen (secondary N) is 1. The van der Waals surface area contributed by atoms with Crippen molar-refractivity contribution in [1.29, 1.82) is 0 Å². The molecular formula is C13H15NO3S. The SMILES string of the molecule is Cc1[nH]c2ccccc2c1C(=O)C(C)S(C)(=O)=O. The van der Waals surface area contributed by atoms with Gasteiger partial charge in [-0.05, 0) is 19.9 Å². The third-order valence-electron chi connectivity index (χ3n) is 3.15. The Hall–Kier alpha value is -1.62. The smallest absolute Gasteiger partial charge is 0.183 e. The van der Waals surface area contributed by atoms with E-state index >= 15 is 0 Å². The zero-order valence-corrected chi connectivity index (χ0v) is 11.3. The first-order valence-electron chi connectivity index (χ1n) is 5.62. The van der Waals surface area contributed by atoms with Gasteiger partial charge in [-0.3, -0.25) is 4.79 Å². The highest BCUT2D eigenvalue weighted by atomic mass is 32.2. The Balaban J connectivity index is 2.62. The van der Waals surface area contributed by atoms with Crippen molar-refractivity contribution >= 4 is 26.5 Å². The number of benzene rings is 1. The fourth-order valence-corrected chi connectivity index (χ4v) is 2.50. The second kappa shape index (κ2) is 4.24. The van der Waals surface area contributed by atoms with E-state index in [0.29, 0.717) is 11.3 Å². The summed E-state index contributed by atoms with van der Waals surface area (Å²) in [4.78, 5) is 15.4. The first-order valence-corrected chi connectivity index (χ1v) is 7.58. The number of carbonyl (C=O) groups is 1. The van der Waals surface area contributed by atoms with Crippen molar-refractivity contribution in [1.82, 2.24) is 4.98 Å². The van der Waals surface area contributed by atoms with Crippen LogP contribution in [-0.4, -0.2) is 30.7 Å². The topological polar surface area (TPSA) is 67.0 Å². The van der Waals surface area contributed by atoms with Gasteiger partial charge in [0.05, 0.1) is 0 Å². The molecule has 96 valence electrons. The van der Waals surface area contributed by atoms with E-state index in [0.717, 1.165) is 17.2 Å². The summed E-state index contributed by atoms with van der Waals surface area (Å²) >= 11 is 0. The Morgan fingerprint density at radius 2 is 1.89 bits per heavy atom. The maximum Gasteiger partial charge on any atom is 0.183 e. The predicted octanol–water partition coefficient (Wildman–Crippen LogP) is 2.09. The average Bonchev–Trinajstić information content (AvgIpc) is 2.61. The van der Waals surface area contributed by atoms with Crippen molar-refractivity contribution in [3.05, 3.63) is 35.5 Å². The van der Waals surface area contributed by atoms with Crippen LogP contribution < -0.4 is 0 Å². The molecule has 18 heavy (non-hydrogen) atoms. The number of para-hydroxylation sites is 1. The van der Waals surface area contributed by atoms with Crippen LogP contribution >= 0.6 is 0 Å². The van der Waals surface area contributed by atoms with Crippen LogP contribution in [-0.2, 0) is 9.84 Å². The quantitative estimate of drug-likeness (QED) is 0.864. The van der Waals surface area contributed by atoms with Crippen molar-refractivity contribution < 1.29 is 13.2 Å². The second-order valence-corrected chi connectivity index (χ2v) is 6.87. The molecule has 1 aromatic carbocycles. The number of H-pyrrole nitrogens is 1. The molecule has 0 amide bonds. The third-order valence-corrected chi connectivity index (χ3v) is 4.65. The summed E-state index contributed by atoms with van der Waals surface area (Å²) in [5.74, 6) is -0.354. The fourth-order valence-electron chi connectivity index (χ4n) is 1.99. The van der Waals surface area contributed by atoms with Gasteiger partial charge in [-0.1, -0.05) is 18.2 Å². The third kappa shape index (κ3) is 2.06. The first-order chi connectivity index (χ1) is 8.32. The maximum absolute atomic E-state index is 12.3. The predicted molar refractivity (Wildman–Crippen MR) is 71.7 cm³/mol. The molecule has 0 aliphatic rings. The number of aromatic amines is 1. The van der Waals surface area contributed by atoms with Crippen LogP contribution in [0.25, 0.3) is 10.9 Å². The van der Waals surface area contributed by atoms with E-state index in [4.69, 9.17) is 0 Å². The van der Waals surface area contributed by atoms with Crippen molar-refractivity contribution in [3.8, 4) is 0 Å². The molecule has 2 rings (SSSR count). The highest BCUT2D eigenvalue weighted by Gasteiger charge is 2.28. The van der Waals surface area contributed by atoms with E-state index in [1.807, 2.05) is 24.3 Å². The van der Waals surface area contributed by atoms with Gasteiger partial charge in [-0.15, -0.1) is 0 Å². The Morgan fingerprint density at radius 3 is 2.50 bits per heavy atom. The molecule has 0 bridgehead atoms. The molecule has 1 unspecified atom stereocenters. The van der Waals surface area contributed by atoms with Crippen LogP contribution in [0.5, 0.6) is 0 Å². The molecule has 1 heterocycles. The van der Waals surface area contributed by atoms with Crippen LogP contribution in [0.15, 0.2) is 24.3 Å². The van der Waals surface area contributed by atoms with Gasteiger partial charge in [0.1, 0.15) is 5.25 Å². The second-order valence-electron chi connectivity index (χ2n) is 4.51. The zero-order valence-electron chi connectivity index (χ0n) is 10.5. The van der Waals surface area contributed by atoms with Gasteiger partial charge < -0.3 is 4.98 Å². The Morgan fingerprint density at radius 1 is 1.28 bits per heavy atom. The molecule has 1 aromatic heterocycles. The Bertz CT molecular complexity index is 713. The summed E-state index contributed by atoms with van der Waals surface area (Å²) in [5, 5.41) is -0.245. The van der Waals surface area contributed by atoms with Gasteiger partial charge in [0.2, 0.25) is 0 Å². The van der Waals surface area contributed by atoms with E-state index in [1.165, 1.54) is 6.92 Å². The Labute approximate surface area is 106 Å². The van der Waals surface area contributed by atoms with Crippen molar-refractivity contribution in [2.24, 2.45) is 0 Å². The molecule has 4 nitrogen and oxygen atoms in total. The number of aromatic nitrogens is 1. The van der Waals surface area contributed by atoms with Gasteiger partial charge >= 0.3 is 0 Å². The van der Waals surface area contributed by atoms with Crippen LogP contribution in [0.3, 0.4) is 0 Å². The summed E-state index contributed by atoms with van der Waals surface area (Å²) in [6.45, 7) is 3.21. The van der Waals surface area contributed by atoms with E-state index in [-0.39, 0.29) is 5.78 Å². The van der Waals surface area contributed by atoms with E-state index in [2.05, 4.69) is 4.98 Å². The molecule has 0 spiro atoms. The minimum Gasteiger partial charge on any atom is -0.358 e. The number of carbonyl (C=O) groups excluding carboxylic acids is 1. The minimum atomic E-state index is -3.38. The van der Waals surface area contributed by atoms with Gasteiger partial charge in [0, 0.05) is 28.4 Å². The highest BCUT2D eigenvalue weighted by molar-refractivity contribution is 7.92. The van der Waals surface area contributed by atoms with Gasteiger partial charge in [0.25, 0.3) is 0 Å². The molecule has 0 saturated carbocycles. The van der Waals surface area contributed by atoms with E-state index in [9.17, 15) is 13.2 Å². The average molecular weight is 265 g/mol. The van der Waals surface area contributed by atoms with Crippen LogP contribution in [0.2, 0.25) is 0 Å². The Kier molecular flexibility index (Phi) is 3.02. The molecular weight excluding hydrogens is 250 g/mol. The largest absolute Gasteiger partial charge is 0.358 e. The number of hydrogen-bond donors (Lipinski definition) is 1. The highest BCUT2D eigenvalue weighted by Crippen LogP contribution is 2.24. The lowest BCUT2D eigenvalue weighted by Crippen LogP contribution is -2.26. The summed E-state index contributed by atoms with van der Waals surface area (Å²) in [6.07, 6.45) is 1.08. The minimum absolute atomic E-state index is 0.354. The fraction of sp³-hybridized carbons (Fsp3) is 0.308. The lowest BCUT2D eigenvalue weighted by molar-refractivity contribution is 0.0992. The lowest BCUT2D eigenvalue weighted by atomic mass is 10.1. The summed E-state index contributed by atoms with van der Waals surface area (Å²) in [7, 11) is -3.38. The van der Waals surface area contributed by atoms with Gasteiger partial charge in [-0.25, -0.2) is 8.42 Å². The summed E-state index contributed by atoms with van der Waals surface area (Å²) in [6, 6.07) is 7.38. The zero-order chi connectivity index (χ0) is 13.5. The number of ketones is 1. The maximum atomic E-state index is 12.3. The van der Waals surface area contributed by atoms with E-state index < -0.39 is 15.1 Å².